The van der Waals surface area contributed by atoms with Gasteiger partial charge in [-0.3, -0.25) is 0 Å². The Morgan fingerprint density at radius 2 is 1.85 bits per heavy atom. The predicted octanol–water partition coefficient (Wildman–Crippen LogP) is 6.00. The zero-order valence-corrected chi connectivity index (χ0v) is 16.5. The maximum atomic E-state index is 10.9. The molecule has 1 heterocycles. The fourth-order valence-electron chi connectivity index (χ4n) is 2.65. The molecule has 0 aliphatic rings. The van der Waals surface area contributed by atoms with Crippen LogP contribution in [-0.2, 0) is 6.61 Å². The molecular formula is C21H14BrNO3S. The van der Waals surface area contributed by atoms with Gasteiger partial charge in [0.15, 0.2) is 0 Å². The third-order valence-electron chi connectivity index (χ3n) is 4.07. The highest BCUT2D eigenvalue weighted by atomic mass is 79.9. The van der Waals surface area contributed by atoms with Gasteiger partial charge in [-0.2, -0.15) is 0 Å². The minimum atomic E-state index is -0.935. The molecule has 4 aromatic rings. The Labute approximate surface area is 168 Å². The van der Waals surface area contributed by atoms with E-state index in [4.69, 9.17) is 9.84 Å². The number of ether oxygens (including phenoxy) is 1. The van der Waals surface area contributed by atoms with E-state index in [-0.39, 0.29) is 5.56 Å². The molecule has 0 unspecified atom stereocenters. The molecule has 0 spiro atoms. The number of para-hydroxylation sites is 1. The van der Waals surface area contributed by atoms with Crippen LogP contribution < -0.4 is 4.74 Å². The summed E-state index contributed by atoms with van der Waals surface area (Å²) >= 11 is 5.22. The van der Waals surface area contributed by atoms with E-state index in [1.54, 1.807) is 35.6 Å². The molecule has 27 heavy (non-hydrogen) atoms. The van der Waals surface area contributed by atoms with E-state index in [2.05, 4.69) is 27.0 Å². The van der Waals surface area contributed by atoms with Crippen LogP contribution in [-0.4, -0.2) is 16.1 Å². The molecule has 1 N–H and O–H groups in total. The third kappa shape index (κ3) is 3.86. The van der Waals surface area contributed by atoms with E-state index in [9.17, 15) is 4.79 Å². The minimum Gasteiger partial charge on any atom is -0.488 e. The average Bonchev–Trinajstić information content (AvgIpc) is 3.11. The number of aromatic nitrogens is 1. The van der Waals surface area contributed by atoms with Crippen LogP contribution in [0.4, 0.5) is 0 Å². The molecule has 1 aromatic heterocycles. The fraction of sp³-hybridized carbons (Fsp3) is 0.0476. The molecule has 0 saturated heterocycles. The number of thiazole rings is 1. The molecule has 0 radical (unpaired) electrons. The summed E-state index contributed by atoms with van der Waals surface area (Å²) in [4.78, 5) is 15.6. The zero-order chi connectivity index (χ0) is 18.8. The van der Waals surface area contributed by atoms with Gasteiger partial charge in [0.1, 0.15) is 17.4 Å². The Bertz CT molecular complexity index is 1090. The molecule has 0 bridgehead atoms. The topological polar surface area (TPSA) is 59.4 Å². The summed E-state index contributed by atoms with van der Waals surface area (Å²) in [5.41, 5.74) is 3.20. The van der Waals surface area contributed by atoms with Crippen LogP contribution in [0.25, 0.3) is 20.8 Å². The molecule has 6 heteroatoms. The van der Waals surface area contributed by atoms with Gasteiger partial charge in [-0.1, -0.05) is 24.3 Å². The summed E-state index contributed by atoms with van der Waals surface area (Å²) < 4.78 is 7.87. The second-order valence-electron chi connectivity index (χ2n) is 5.92. The molecule has 0 amide bonds. The van der Waals surface area contributed by atoms with Gasteiger partial charge in [0.25, 0.3) is 0 Å². The lowest BCUT2D eigenvalue weighted by molar-refractivity contribution is 0.0697. The largest absolute Gasteiger partial charge is 0.488 e. The van der Waals surface area contributed by atoms with Crippen LogP contribution >= 0.6 is 27.3 Å². The number of carboxylic acid groups (broad SMARTS) is 1. The number of halogens is 1. The summed E-state index contributed by atoms with van der Waals surface area (Å²) in [6, 6.07) is 20.7. The van der Waals surface area contributed by atoms with E-state index in [1.165, 1.54) is 0 Å². The quantitative estimate of drug-likeness (QED) is 0.413. The lowest BCUT2D eigenvalue weighted by Gasteiger charge is -2.09. The maximum absolute atomic E-state index is 10.9. The van der Waals surface area contributed by atoms with E-state index in [1.807, 2.05) is 36.4 Å². The highest BCUT2D eigenvalue weighted by molar-refractivity contribution is 9.10. The van der Waals surface area contributed by atoms with Crippen LogP contribution in [0.1, 0.15) is 15.9 Å². The highest BCUT2D eigenvalue weighted by Gasteiger charge is 2.09. The zero-order valence-electron chi connectivity index (χ0n) is 14.1. The number of rotatable bonds is 5. The van der Waals surface area contributed by atoms with Crippen molar-refractivity contribution in [3.8, 4) is 16.3 Å². The summed E-state index contributed by atoms with van der Waals surface area (Å²) in [5, 5.41) is 9.91. The number of carbonyl (C=O) groups is 1. The summed E-state index contributed by atoms with van der Waals surface area (Å²) in [6.07, 6.45) is 0. The number of hydrogen-bond acceptors (Lipinski definition) is 4. The van der Waals surface area contributed by atoms with Gasteiger partial charge in [-0.05, 0) is 64.0 Å². The van der Waals surface area contributed by atoms with Crippen molar-refractivity contribution < 1.29 is 14.6 Å². The van der Waals surface area contributed by atoms with Crippen molar-refractivity contribution in [1.29, 1.82) is 0 Å². The van der Waals surface area contributed by atoms with Gasteiger partial charge in [-0.25, -0.2) is 9.78 Å². The SMILES string of the molecule is O=C(O)c1ccc(COc2ccc(-c3nc4ccccc4s3)cc2Br)cc1. The smallest absolute Gasteiger partial charge is 0.335 e. The van der Waals surface area contributed by atoms with E-state index < -0.39 is 5.97 Å². The molecule has 0 atom stereocenters. The van der Waals surface area contributed by atoms with E-state index >= 15 is 0 Å². The van der Waals surface area contributed by atoms with Gasteiger partial charge >= 0.3 is 5.97 Å². The molecule has 0 aliphatic heterocycles. The minimum absolute atomic E-state index is 0.264. The van der Waals surface area contributed by atoms with Crippen LogP contribution in [0.2, 0.25) is 0 Å². The van der Waals surface area contributed by atoms with E-state index in [0.717, 1.165) is 36.6 Å². The maximum Gasteiger partial charge on any atom is 0.335 e. The Morgan fingerprint density at radius 1 is 1.07 bits per heavy atom. The van der Waals surface area contributed by atoms with Crippen LogP contribution in [0.3, 0.4) is 0 Å². The van der Waals surface area contributed by atoms with Gasteiger partial charge in [-0.15, -0.1) is 11.3 Å². The van der Waals surface area contributed by atoms with Gasteiger partial charge < -0.3 is 9.84 Å². The fourth-order valence-corrected chi connectivity index (χ4v) is 4.11. The number of benzene rings is 3. The first kappa shape index (κ1) is 17.7. The monoisotopic (exact) mass is 439 g/mol. The van der Waals surface area contributed by atoms with E-state index in [0.29, 0.717) is 6.61 Å². The lowest BCUT2D eigenvalue weighted by atomic mass is 10.1. The van der Waals surface area contributed by atoms with Gasteiger partial charge in [0.05, 0.1) is 20.3 Å². The van der Waals surface area contributed by atoms with Crippen molar-refractivity contribution in [3.63, 3.8) is 0 Å². The standard InChI is InChI=1S/C21H14BrNO3S/c22-16-11-15(20-23-17-3-1-2-4-19(17)27-20)9-10-18(16)26-12-13-5-7-14(8-6-13)21(24)25/h1-11H,12H2,(H,24,25). The summed E-state index contributed by atoms with van der Waals surface area (Å²) in [5.74, 6) is -0.210. The Balaban J connectivity index is 1.50. The van der Waals surface area contributed by atoms with Crippen molar-refractivity contribution >= 4 is 43.5 Å². The Hall–Kier alpha value is -2.70. The molecular weight excluding hydrogens is 426 g/mol. The first-order chi connectivity index (χ1) is 13.1. The number of aromatic carboxylic acids is 1. The van der Waals surface area contributed by atoms with Crippen molar-refractivity contribution in [2.45, 2.75) is 6.61 Å². The van der Waals surface area contributed by atoms with Crippen molar-refractivity contribution in [3.05, 3.63) is 82.3 Å². The number of carboxylic acids is 1. The molecule has 3 aromatic carbocycles. The molecule has 0 aliphatic carbocycles. The Kier molecular flexibility index (Phi) is 4.92. The third-order valence-corrected chi connectivity index (χ3v) is 5.77. The van der Waals surface area contributed by atoms with Crippen molar-refractivity contribution in [2.75, 3.05) is 0 Å². The average molecular weight is 440 g/mol. The van der Waals surface area contributed by atoms with Gasteiger partial charge in [0, 0.05) is 5.56 Å². The first-order valence-electron chi connectivity index (χ1n) is 8.21. The van der Waals surface area contributed by atoms with Crippen LogP contribution in [0.15, 0.2) is 71.2 Å². The van der Waals surface area contributed by atoms with Crippen molar-refractivity contribution in [2.24, 2.45) is 0 Å². The first-order valence-corrected chi connectivity index (χ1v) is 9.81. The number of fused-ring (bicyclic) bond motifs is 1. The van der Waals surface area contributed by atoms with Gasteiger partial charge in [0.2, 0.25) is 0 Å². The predicted molar refractivity (Wildman–Crippen MR) is 110 cm³/mol. The highest BCUT2D eigenvalue weighted by Crippen LogP contribution is 2.35. The molecule has 0 saturated carbocycles. The molecule has 4 nitrogen and oxygen atoms in total. The number of nitrogens with zero attached hydrogens (tertiary/aromatic N) is 1. The number of hydrogen-bond donors (Lipinski definition) is 1. The summed E-state index contributed by atoms with van der Waals surface area (Å²) in [7, 11) is 0. The van der Waals surface area contributed by atoms with Crippen molar-refractivity contribution in [1.82, 2.24) is 4.98 Å². The van der Waals surface area contributed by atoms with Crippen LogP contribution in [0, 0.1) is 0 Å². The van der Waals surface area contributed by atoms with Crippen LogP contribution in [0.5, 0.6) is 5.75 Å². The second kappa shape index (κ2) is 7.50. The lowest BCUT2D eigenvalue weighted by Crippen LogP contribution is -1.99. The molecule has 4 rings (SSSR count). The molecule has 0 fully saturated rings. The second-order valence-corrected chi connectivity index (χ2v) is 7.81. The summed E-state index contributed by atoms with van der Waals surface area (Å²) in [6.45, 7) is 0.360. The molecule has 134 valence electrons. The Morgan fingerprint density at radius 3 is 2.56 bits per heavy atom. The normalized spacial score (nSPS) is 10.9.